The van der Waals surface area contributed by atoms with Crippen molar-refractivity contribution in [1.82, 2.24) is 9.78 Å². The average molecular weight is 360 g/mol. The highest BCUT2D eigenvalue weighted by atomic mass is 35.5. The van der Waals surface area contributed by atoms with Crippen LogP contribution < -0.4 is 4.74 Å². The van der Waals surface area contributed by atoms with Gasteiger partial charge in [-0.3, -0.25) is 0 Å². The predicted molar refractivity (Wildman–Crippen MR) is 74.3 cm³/mol. The molecule has 3 nitrogen and oxygen atoms in total. The number of benzene rings is 1. The van der Waals surface area contributed by atoms with Crippen molar-refractivity contribution in [1.29, 1.82) is 0 Å². The van der Waals surface area contributed by atoms with Gasteiger partial charge in [-0.05, 0) is 18.2 Å². The number of aryl methyl sites for hydroxylation is 1. The second-order valence-electron chi connectivity index (χ2n) is 4.06. The van der Waals surface area contributed by atoms with Gasteiger partial charge in [-0.2, -0.15) is 18.3 Å². The van der Waals surface area contributed by atoms with Crippen LogP contribution in [-0.2, 0) is 19.1 Å². The van der Waals surface area contributed by atoms with E-state index in [1.165, 1.54) is 25.2 Å². The minimum atomic E-state index is -4.62. The maximum absolute atomic E-state index is 12.9. The highest BCUT2D eigenvalue weighted by Crippen LogP contribution is 2.39. The molecule has 21 heavy (non-hydrogen) atoms. The van der Waals surface area contributed by atoms with Crippen LogP contribution in [0.1, 0.15) is 11.3 Å². The van der Waals surface area contributed by atoms with Crippen LogP contribution in [0.2, 0.25) is 10.0 Å². The monoisotopic (exact) mass is 358 g/mol. The Bertz CT molecular complexity index is 670. The van der Waals surface area contributed by atoms with E-state index in [2.05, 4.69) is 5.10 Å². The molecule has 0 saturated carbocycles. The molecule has 1 aromatic carbocycles. The molecule has 2 aromatic rings. The van der Waals surface area contributed by atoms with Gasteiger partial charge in [0, 0.05) is 12.1 Å². The molecule has 0 bridgehead atoms. The van der Waals surface area contributed by atoms with Crippen LogP contribution in [0.15, 0.2) is 18.2 Å². The fourth-order valence-electron chi connectivity index (χ4n) is 1.69. The summed E-state index contributed by atoms with van der Waals surface area (Å²) in [5.74, 6) is -0.367. The molecule has 2 rings (SSSR count). The van der Waals surface area contributed by atoms with Crippen molar-refractivity contribution >= 4 is 34.8 Å². The van der Waals surface area contributed by atoms with Crippen LogP contribution in [-0.4, -0.2) is 9.78 Å². The Morgan fingerprint density at radius 1 is 1.29 bits per heavy atom. The van der Waals surface area contributed by atoms with Gasteiger partial charge >= 0.3 is 6.18 Å². The molecule has 0 N–H and O–H groups in total. The summed E-state index contributed by atoms with van der Waals surface area (Å²) in [6, 6.07) is 4.37. The first-order valence-corrected chi connectivity index (χ1v) is 6.85. The first-order chi connectivity index (χ1) is 9.74. The zero-order valence-corrected chi connectivity index (χ0v) is 12.8. The lowest BCUT2D eigenvalue weighted by Crippen LogP contribution is -2.08. The van der Waals surface area contributed by atoms with Gasteiger partial charge in [0.05, 0.1) is 16.5 Å². The number of aromatic nitrogens is 2. The minimum absolute atomic E-state index is 0.124. The summed E-state index contributed by atoms with van der Waals surface area (Å²) in [6.07, 6.45) is -4.62. The molecule has 0 radical (unpaired) electrons. The number of ether oxygens (including phenoxy) is 1. The molecular formula is C12H8Cl3F3N2O. The third-order valence-corrected chi connectivity index (χ3v) is 3.39. The molecule has 0 unspecified atom stereocenters. The summed E-state index contributed by atoms with van der Waals surface area (Å²) in [4.78, 5) is 0. The Kier molecular flexibility index (Phi) is 4.60. The number of rotatable bonds is 3. The molecule has 0 aliphatic carbocycles. The van der Waals surface area contributed by atoms with E-state index in [4.69, 9.17) is 39.5 Å². The maximum atomic E-state index is 12.9. The summed E-state index contributed by atoms with van der Waals surface area (Å²) in [5.41, 5.74) is -1.34. The van der Waals surface area contributed by atoms with E-state index in [1.807, 2.05) is 0 Å². The zero-order chi connectivity index (χ0) is 15.8. The summed E-state index contributed by atoms with van der Waals surface area (Å²) in [6.45, 7) is 0. The quantitative estimate of drug-likeness (QED) is 0.697. The summed E-state index contributed by atoms with van der Waals surface area (Å²) >= 11 is 17.3. The lowest BCUT2D eigenvalue weighted by Gasteiger charge is -2.09. The molecule has 0 atom stereocenters. The Hall–Kier alpha value is -1.11. The number of hydrogen-bond acceptors (Lipinski definition) is 2. The molecule has 114 valence electrons. The third-order valence-electron chi connectivity index (χ3n) is 2.59. The van der Waals surface area contributed by atoms with Crippen molar-refractivity contribution < 1.29 is 17.9 Å². The van der Waals surface area contributed by atoms with Crippen molar-refractivity contribution in [3.63, 3.8) is 0 Å². The second-order valence-corrected chi connectivity index (χ2v) is 5.18. The number of halogens is 6. The lowest BCUT2D eigenvalue weighted by atomic mass is 10.2. The highest BCUT2D eigenvalue weighted by molar-refractivity contribution is 6.35. The van der Waals surface area contributed by atoms with E-state index >= 15 is 0 Å². The van der Waals surface area contributed by atoms with Gasteiger partial charge in [0.1, 0.15) is 5.75 Å². The Morgan fingerprint density at radius 3 is 2.48 bits per heavy atom. The van der Waals surface area contributed by atoms with Crippen LogP contribution in [0, 0.1) is 0 Å². The van der Waals surface area contributed by atoms with E-state index in [1.54, 1.807) is 0 Å². The minimum Gasteiger partial charge on any atom is -0.437 e. The van der Waals surface area contributed by atoms with Crippen molar-refractivity contribution in [3.05, 3.63) is 39.5 Å². The van der Waals surface area contributed by atoms with Gasteiger partial charge in [-0.25, -0.2) is 4.68 Å². The molecule has 0 spiro atoms. The largest absolute Gasteiger partial charge is 0.437 e. The highest BCUT2D eigenvalue weighted by Gasteiger charge is 2.39. The maximum Gasteiger partial charge on any atom is 0.435 e. The Morgan fingerprint density at radius 2 is 1.95 bits per heavy atom. The predicted octanol–water partition coefficient (Wildman–Crippen LogP) is 5.28. The van der Waals surface area contributed by atoms with E-state index < -0.39 is 17.8 Å². The van der Waals surface area contributed by atoms with E-state index in [0.717, 1.165) is 4.68 Å². The fourth-order valence-corrected chi connectivity index (χ4v) is 2.38. The van der Waals surface area contributed by atoms with E-state index in [-0.39, 0.29) is 22.2 Å². The van der Waals surface area contributed by atoms with E-state index in [0.29, 0.717) is 5.02 Å². The number of alkyl halides is 4. The van der Waals surface area contributed by atoms with Crippen molar-refractivity contribution in [2.24, 2.45) is 7.05 Å². The van der Waals surface area contributed by atoms with Gasteiger partial charge in [0.25, 0.3) is 0 Å². The van der Waals surface area contributed by atoms with Gasteiger partial charge in [0.2, 0.25) is 5.88 Å². The van der Waals surface area contributed by atoms with Gasteiger partial charge < -0.3 is 4.74 Å². The molecule has 0 saturated heterocycles. The average Bonchev–Trinajstić information content (AvgIpc) is 2.69. The molecule has 9 heteroatoms. The number of nitrogens with zero attached hydrogens (tertiary/aromatic N) is 2. The molecule has 0 fully saturated rings. The Labute approximate surface area is 133 Å². The van der Waals surface area contributed by atoms with Crippen LogP contribution in [0.3, 0.4) is 0 Å². The van der Waals surface area contributed by atoms with Crippen molar-refractivity contribution in [2.45, 2.75) is 12.1 Å². The van der Waals surface area contributed by atoms with E-state index in [9.17, 15) is 13.2 Å². The molecule has 1 aromatic heterocycles. The molecule has 0 amide bonds. The Balaban J connectivity index is 2.47. The number of hydrogen-bond donors (Lipinski definition) is 0. The first kappa shape index (κ1) is 16.3. The van der Waals surface area contributed by atoms with Gasteiger partial charge in [-0.15, -0.1) is 11.6 Å². The van der Waals surface area contributed by atoms with Crippen molar-refractivity contribution in [2.75, 3.05) is 0 Å². The first-order valence-electron chi connectivity index (χ1n) is 5.56. The SMILES string of the molecule is Cn1nc(C(F)(F)F)c(CCl)c1Oc1ccc(Cl)cc1Cl. The molecule has 0 aliphatic heterocycles. The molecule has 1 heterocycles. The third kappa shape index (κ3) is 3.39. The van der Waals surface area contributed by atoms with Crippen LogP contribution >= 0.6 is 34.8 Å². The summed E-state index contributed by atoms with van der Waals surface area (Å²) in [5, 5.41) is 3.95. The smallest absolute Gasteiger partial charge is 0.435 e. The molecular weight excluding hydrogens is 351 g/mol. The van der Waals surface area contributed by atoms with Gasteiger partial charge in [0.15, 0.2) is 5.69 Å². The topological polar surface area (TPSA) is 27.1 Å². The second kappa shape index (κ2) is 5.94. The van der Waals surface area contributed by atoms with Crippen LogP contribution in [0.5, 0.6) is 11.6 Å². The fraction of sp³-hybridized carbons (Fsp3) is 0.250. The zero-order valence-electron chi connectivity index (χ0n) is 10.5. The summed E-state index contributed by atoms with van der Waals surface area (Å²) < 4.78 is 45.0. The van der Waals surface area contributed by atoms with Gasteiger partial charge in [-0.1, -0.05) is 23.2 Å². The van der Waals surface area contributed by atoms with Crippen LogP contribution in [0.25, 0.3) is 0 Å². The lowest BCUT2D eigenvalue weighted by molar-refractivity contribution is -0.141. The summed E-state index contributed by atoms with van der Waals surface area (Å²) in [7, 11) is 1.32. The standard InChI is InChI=1S/C12H8Cl3F3N2O/c1-20-11(7(5-13)10(19-20)12(16,17)18)21-9-3-2-6(14)4-8(9)15/h2-4H,5H2,1H3. The van der Waals surface area contributed by atoms with Crippen LogP contribution in [0.4, 0.5) is 13.2 Å². The van der Waals surface area contributed by atoms with Crippen molar-refractivity contribution in [3.8, 4) is 11.6 Å². The molecule has 0 aliphatic rings. The normalized spacial score (nSPS) is 11.8.